The van der Waals surface area contributed by atoms with Crippen molar-refractivity contribution in [2.75, 3.05) is 17.9 Å². The van der Waals surface area contributed by atoms with Crippen molar-refractivity contribution in [2.45, 2.75) is 31.4 Å². The average molecular weight is 451 g/mol. The van der Waals surface area contributed by atoms with Gasteiger partial charge in [0.15, 0.2) is 6.10 Å². The van der Waals surface area contributed by atoms with Gasteiger partial charge in [0, 0.05) is 13.6 Å². The molecule has 166 valence electrons. The fourth-order valence-electron chi connectivity index (χ4n) is 3.69. The first-order valence-corrected chi connectivity index (χ1v) is 11.9. The number of anilines is 1. The van der Waals surface area contributed by atoms with Crippen molar-refractivity contribution in [1.29, 1.82) is 0 Å². The summed E-state index contributed by atoms with van der Waals surface area (Å²) >= 11 is 0. The fourth-order valence-corrected chi connectivity index (χ4v) is 5.16. The van der Waals surface area contributed by atoms with Crippen LogP contribution >= 0.6 is 0 Å². The lowest BCUT2D eigenvalue weighted by Gasteiger charge is -2.36. The van der Waals surface area contributed by atoms with Crippen molar-refractivity contribution in [3.63, 3.8) is 0 Å². The van der Waals surface area contributed by atoms with Gasteiger partial charge in [0.25, 0.3) is 15.9 Å². The molecule has 1 heterocycles. The number of nitrogens with zero attached hydrogens (tertiary/aromatic N) is 2. The molecule has 1 aliphatic heterocycles. The van der Waals surface area contributed by atoms with Gasteiger partial charge in [0.2, 0.25) is 0 Å². The van der Waals surface area contributed by atoms with E-state index >= 15 is 0 Å². The molecule has 0 radical (unpaired) electrons. The van der Waals surface area contributed by atoms with Crippen molar-refractivity contribution in [3.8, 4) is 5.75 Å². The first kappa shape index (κ1) is 21.9. The molecule has 0 aromatic heterocycles. The minimum Gasteiger partial charge on any atom is -0.476 e. The first-order chi connectivity index (χ1) is 15.3. The summed E-state index contributed by atoms with van der Waals surface area (Å²) in [7, 11) is -2.17. The first-order valence-electron chi connectivity index (χ1n) is 10.4. The minimum atomic E-state index is -3.87. The molecule has 7 heteroatoms. The van der Waals surface area contributed by atoms with E-state index in [1.165, 1.54) is 4.31 Å². The number of carbonyl (C=O) groups excluding carboxylic acids is 1. The summed E-state index contributed by atoms with van der Waals surface area (Å²) < 4.78 is 34.2. The molecule has 0 N–H and O–H groups in total. The van der Waals surface area contributed by atoms with E-state index < -0.39 is 16.1 Å². The molecule has 3 aromatic carbocycles. The molecule has 1 amide bonds. The molecule has 32 heavy (non-hydrogen) atoms. The molecule has 0 bridgehead atoms. The van der Waals surface area contributed by atoms with Crippen molar-refractivity contribution in [3.05, 3.63) is 89.5 Å². The van der Waals surface area contributed by atoms with Gasteiger partial charge in [-0.15, -0.1) is 0 Å². The molecule has 1 aliphatic rings. The van der Waals surface area contributed by atoms with Crippen LogP contribution in [0.1, 0.15) is 16.7 Å². The van der Waals surface area contributed by atoms with Crippen LogP contribution in [0.3, 0.4) is 0 Å². The quantitative estimate of drug-likeness (QED) is 0.591. The third kappa shape index (κ3) is 4.34. The summed E-state index contributed by atoms with van der Waals surface area (Å²) in [5.41, 5.74) is 3.54. The lowest BCUT2D eigenvalue weighted by molar-refractivity contribution is -0.137. The van der Waals surface area contributed by atoms with Crippen LogP contribution < -0.4 is 9.04 Å². The minimum absolute atomic E-state index is 0.0930. The van der Waals surface area contributed by atoms with Gasteiger partial charge in [0.05, 0.1) is 17.1 Å². The Morgan fingerprint density at radius 2 is 1.56 bits per heavy atom. The van der Waals surface area contributed by atoms with E-state index in [0.717, 1.165) is 16.7 Å². The van der Waals surface area contributed by atoms with Crippen molar-refractivity contribution in [2.24, 2.45) is 0 Å². The number of amides is 1. The highest BCUT2D eigenvalue weighted by Gasteiger charge is 2.38. The summed E-state index contributed by atoms with van der Waals surface area (Å²) in [4.78, 5) is 15.0. The number of aryl methyl sites for hydroxylation is 2. The van der Waals surface area contributed by atoms with Crippen molar-refractivity contribution >= 4 is 21.6 Å². The monoisotopic (exact) mass is 450 g/mol. The highest BCUT2D eigenvalue weighted by atomic mass is 32.2. The number of ether oxygens (including phenoxy) is 1. The fraction of sp³-hybridized carbons (Fsp3) is 0.240. The highest BCUT2D eigenvalue weighted by molar-refractivity contribution is 7.92. The molecule has 0 fully saturated rings. The van der Waals surface area contributed by atoms with E-state index in [1.807, 2.05) is 38.1 Å². The largest absolute Gasteiger partial charge is 0.476 e. The maximum absolute atomic E-state index is 13.5. The number of sulfonamides is 1. The Kier molecular flexibility index (Phi) is 5.93. The smallest absolute Gasteiger partial charge is 0.265 e. The van der Waals surface area contributed by atoms with Gasteiger partial charge in [-0.25, -0.2) is 8.42 Å². The normalized spacial score (nSPS) is 15.6. The van der Waals surface area contributed by atoms with Gasteiger partial charge in [-0.05, 0) is 43.7 Å². The van der Waals surface area contributed by atoms with E-state index in [2.05, 4.69) is 0 Å². The number of likely N-dealkylation sites (N-methyl/N-ethyl adjacent to an activating group) is 1. The summed E-state index contributed by atoms with van der Waals surface area (Å²) in [5.74, 6) is 0.0979. The lowest BCUT2D eigenvalue weighted by Crippen LogP contribution is -2.50. The van der Waals surface area contributed by atoms with Crippen LogP contribution in [0.15, 0.2) is 77.7 Å². The Labute approximate surface area is 189 Å². The van der Waals surface area contributed by atoms with Crippen molar-refractivity contribution < 1.29 is 17.9 Å². The van der Waals surface area contributed by atoms with Crippen LogP contribution in [0.4, 0.5) is 5.69 Å². The SMILES string of the molecule is Cc1ccc(CN(C)C(=O)[C@@H]2CN(S(=O)(=O)c3ccc(C)cc3)c3ccccc3O2)cc1. The number of hydrogen-bond acceptors (Lipinski definition) is 4. The van der Waals surface area contributed by atoms with Gasteiger partial charge < -0.3 is 9.64 Å². The molecular formula is C25H26N2O4S. The van der Waals surface area contributed by atoms with Crippen LogP contribution in [-0.2, 0) is 21.4 Å². The van der Waals surface area contributed by atoms with Gasteiger partial charge in [-0.2, -0.15) is 0 Å². The molecule has 4 rings (SSSR count). The van der Waals surface area contributed by atoms with Crippen LogP contribution in [0, 0.1) is 13.8 Å². The maximum Gasteiger partial charge on any atom is 0.265 e. The van der Waals surface area contributed by atoms with Gasteiger partial charge in [-0.1, -0.05) is 59.7 Å². The summed E-state index contributed by atoms with van der Waals surface area (Å²) in [6.45, 7) is 4.23. The van der Waals surface area contributed by atoms with E-state index in [9.17, 15) is 13.2 Å². The second kappa shape index (κ2) is 8.67. The number of carbonyl (C=O) groups is 1. The zero-order chi connectivity index (χ0) is 22.9. The highest BCUT2D eigenvalue weighted by Crippen LogP contribution is 2.37. The molecule has 1 atom stereocenters. The Morgan fingerprint density at radius 3 is 2.22 bits per heavy atom. The Bertz CT molecular complexity index is 1220. The van der Waals surface area contributed by atoms with Crippen LogP contribution in [0.2, 0.25) is 0 Å². The Hall–Kier alpha value is -3.32. The summed E-state index contributed by atoms with van der Waals surface area (Å²) in [5, 5.41) is 0. The lowest BCUT2D eigenvalue weighted by atomic mass is 10.1. The Balaban J connectivity index is 1.62. The molecule has 0 unspecified atom stereocenters. The third-order valence-corrected chi connectivity index (χ3v) is 7.33. The number of fused-ring (bicyclic) bond motifs is 1. The number of para-hydroxylation sites is 2. The molecular weight excluding hydrogens is 424 g/mol. The number of benzene rings is 3. The van der Waals surface area contributed by atoms with Crippen LogP contribution in [0.25, 0.3) is 0 Å². The van der Waals surface area contributed by atoms with Gasteiger partial charge in [0.1, 0.15) is 5.75 Å². The van der Waals surface area contributed by atoms with E-state index in [4.69, 9.17) is 4.74 Å². The number of rotatable bonds is 5. The average Bonchev–Trinajstić information content (AvgIpc) is 2.79. The molecule has 0 aliphatic carbocycles. The van der Waals surface area contributed by atoms with Crippen LogP contribution in [0.5, 0.6) is 5.75 Å². The van der Waals surface area contributed by atoms with Gasteiger partial charge in [-0.3, -0.25) is 9.10 Å². The summed E-state index contributed by atoms with van der Waals surface area (Å²) in [6, 6.07) is 21.5. The molecule has 0 saturated heterocycles. The predicted molar refractivity (Wildman–Crippen MR) is 124 cm³/mol. The van der Waals surface area contributed by atoms with Gasteiger partial charge >= 0.3 is 0 Å². The second-order valence-electron chi connectivity index (χ2n) is 8.10. The third-order valence-electron chi connectivity index (χ3n) is 5.54. The zero-order valence-corrected chi connectivity index (χ0v) is 19.2. The van der Waals surface area contributed by atoms with E-state index in [1.54, 1.807) is 60.5 Å². The summed E-state index contributed by atoms with van der Waals surface area (Å²) in [6.07, 6.45) is -0.944. The standard InChI is InChI=1S/C25H26N2O4S/c1-18-8-12-20(13-9-18)16-26(3)25(28)24-17-27(22-6-4-5-7-23(22)31-24)32(29,30)21-14-10-19(2)11-15-21/h4-15,24H,16-17H2,1-3H3/t24-/m0/s1. The predicted octanol–water partition coefficient (Wildman–Crippen LogP) is 3.92. The van der Waals surface area contributed by atoms with Crippen molar-refractivity contribution in [1.82, 2.24) is 4.90 Å². The topological polar surface area (TPSA) is 66.9 Å². The molecule has 0 saturated carbocycles. The van der Waals surface area contributed by atoms with E-state index in [0.29, 0.717) is 18.0 Å². The van der Waals surface area contributed by atoms with E-state index in [-0.39, 0.29) is 17.3 Å². The molecule has 0 spiro atoms. The molecule has 3 aromatic rings. The number of hydrogen-bond donors (Lipinski definition) is 0. The second-order valence-corrected chi connectivity index (χ2v) is 9.97. The Morgan fingerprint density at radius 1 is 0.969 bits per heavy atom. The maximum atomic E-state index is 13.5. The zero-order valence-electron chi connectivity index (χ0n) is 18.4. The molecule has 6 nitrogen and oxygen atoms in total. The van der Waals surface area contributed by atoms with Crippen LogP contribution in [-0.4, -0.2) is 38.9 Å².